The van der Waals surface area contributed by atoms with Gasteiger partial charge < -0.3 is 25.6 Å². The second-order valence-corrected chi connectivity index (χ2v) is 10.8. The lowest BCUT2D eigenvalue weighted by atomic mass is 9.95. The van der Waals surface area contributed by atoms with Gasteiger partial charge in [0.2, 0.25) is 5.88 Å². The third kappa shape index (κ3) is 5.92. The monoisotopic (exact) mass is 542 g/mol. The van der Waals surface area contributed by atoms with Crippen molar-refractivity contribution in [3.05, 3.63) is 83.8 Å². The molecule has 2 aromatic carbocycles. The van der Waals surface area contributed by atoms with E-state index in [0.29, 0.717) is 11.1 Å². The predicted molar refractivity (Wildman–Crippen MR) is 138 cm³/mol. The number of nitrogens with zero attached hydrogens (tertiary/aromatic N) is 2. The molecule has 0 radical (unpaired) electrons. The number of pyridine rings is 1. The summed E-state index contributed by atoms with van der Waals surface area (Å²) in [6.45, 7) is 2.98. The molecule has 3 aromatic rings. The Labute approximate surface area is 219 Å². The van der Waals surface area contributed by atoms with Crippen LogP contribution in [0.2, 0.25) is 0 Å². The van der Waals surface area contributed by atoms with Crippen LogP contribution < -0.4 is 15.8 Å². The summed E-state index contributed by atoms with van der Waals surface area (Å²) in [4.78, 5) is 14.9. The van der Waals surface area contributed by atoms with Gasteiger partial charge in [0.25, 0.3) is 10.0 Å². The number of aliphatic hydroxyl groups is 1. The van der Waals surface area contributed by atoms with Gasteiger partial charge >= 0.3 is 12.1 Å². The molecule has 1 aromatic heterocycles. The number of ether oxygens (including phenoxy) is 2. The molecule has 12 heteroatoms. The van der Waals surface area contributed by atoms with Crippen LogP contribution in [0.1, 0.15) is 42.7 Å². The summed E-state index contributed by atoms with van der Waals surface area (Å²) in [5, 5.41) is 11.2. The van der Waals surface area contributed by atoms with Crippen LogP contribution in [0.25, 0.3) is 11.1 Å². The van der Waals surface area contributed by atoms with Gasteiger partial charge in [-0.15, -0.1) is 4.40 Å². The normalized spacial score (nSPS) is 18.5. The quantitative estimate of drug-likeness (QED) is 0.409. The van der Waals surface area contributed by atoms with Crippen LogP contribution in [0, 0.1) is 5.82 Å². The van der Waals surface area contributed by atoms with E-state index in [4.69, 9.17) is 15.2 Å². The number of hydrogen-bond donors (Lipinski definition) is 3. The van der Waals surface area contributed by atoms with Crippen molar-refractivity contribution in [2.24, 2.45) is 10.1 Å². The molecule has 4 rings (SSSR count). The standard InChI is InChI=1S/C26H27FN4O6S/c1-26(2)23(17-9-7-16(8-10-17)18-11-13-29-22(15-18)36-24(28)33)38(34,35)31-25(37-26)30-21(12-14-32)19-5-3-4-6-20(19)27/h3-11,13,15,21,23,32H,12,14H2,1-2H3,(H2,28,33)(H,30,31)/t21-,23+/m0/s1. The third-order valence-corrected chi connectivity index (χ3v) is 7.84. The lowest BCUT2D eigenvalue weighted by Crippen LogP contribution is -2.47. The zero-order valence-electron chi connectivity index (χ0n) is 20.7. The van der Waals surface area contributed by atoms with Gasteiger partial charge in [-0.25, -0.2) is 22.6 Å². The van der Waals surface area contributed by atoms with Crippen molar-refractivity contribution in [1.82, 2.24) is 10.3 Å². The molecule has 0 saturated carbocycles. The van der Waals surface area contributed by atoms with E-state index in [2.05, 4.69) is 14.7 Å². The highest BCUT2D eigenvalue weighted by molar-refractivity contribution is 7.90. The number of rotatable bonds is 7. The molecule has 0 bridgehead atoms. The van der Waals surface area contributed by atoms with Crippen molar-refractivity contribution < 1.29 is 32.2 Å². The number of halogens is 1. The highest BCUT2D eigenvalue weighted by Crippen LogP contribution is 2.41. The average molecular weight is 543 g/mol. The molecule has 0 unspecified atom stereocenters. The van der Waals surface area contributed by atoms with E-state index in [1.807, 2.05) is 0 Å². The molecule has 0 aliphatic carbocycles. The Morgan fingerprint density at radius 3 is 2.53 bits per heavy atom. The molecule has 0 saturated heterocycles. The molecular weight excluding hydrogens is 515 g/mol. The Kier molecular flexibility index (Phi) is 7.65. The zero-order chi connectivity index (χ0) is 27.5. The first-order valence-electron chi connectivity index (χ1n) is 11.7. The van der Waals surface area contributed by atoms with Crippen LogP contribution in [0.5, 0.6) is 5.88 Å². The molecule has 200 valence electrons. The average Bonchev–Trinajstić information content (AvgIpc) is 2.83. The maximum absolute atomic E-state index is 14.4. The number of carbonyl (C=O) groups excluding carboxylic acids is 1. The Balaban J connectivity index is 1.61. The number of benzene rings is 2. The lowest BCUT2D eigenvalue weighted by Gasteiger charge is -2.38. The molecule has 10 nitrogen and oxygen atoms in total. The molecule has 2 heterocycles. The van der Waals surface area contributed by atoms with Crippen LogP contribution in [0.4, 0.5) is 9.18 Å². The number of carbonyl (C=O) groups is 1. The van der Waals surface area contributed by atoms with Gasteiger partial charge in [-0.3, -0.25) is 0 Å². The number of amidine groups is 1. The minimum atomic E-state index is -4.12. The van der Waals surface area contributed by atoms with E-state index in [1.165, 1.54) is 24.4 Å². The molecule has 1 aliphatic heterocycles. The first-order valence-corrected chi connectivity index (χ1v) is 13.2. The van der Waals surface area contributed by atoms with E-state index in [1.54, 1.807) is 56.3 Å². The highest BCUT2D eigenvalue weighted by Gasteiger charge is 2.47. The molecule has 2 atom stereocenters. The zero-order valence-corrected chi connectivity index (χ0v) is 21.5. The maximum atomic E-state index is 14.4. The topological polar surface area (TPSA) is 153 Å². The third-order valence-electron chi connectivity index (χ3n) is 5.98. The Bertz CT molecular complexity index is 1460. The fourth-order valence-electron chi connectivity index (χ4n) is 4.42. The minimum Gasteiger partial charge on any atom is -0.457 e. The van der Waals surface area contributed by atoms with Gasteiger partial charge in [0, 0.05) is 24.4 Å². The number of amides is 1. The van der Waals surface area contributed by atoms with E-state index >= 15 is 0 Å². The van der Waals surface area contributed by atoms with Crippen LogP contribution in [0.3, 0.4) is 0 Å². The Morgan fingerprint density at radius 1 is 1.18 bits per heavy atom. The van der Waals surface area contributed by atoms with Crippen molar-refractivity contribution in [2.75, 3.05) is 6.61 Å². The Hall–Kier alpha value is -4.03. The summed E-state index contributed by atoms with van der Waals surface area (Å²) in [6.07, 6.45) is 0.579. The molecule has 1 amide bonds. The van der Waals surface area contributed by atoms with Gasteiger partial charge in [0.1, 0.15) is 16.7 Å². The van der Waals surface area contributed by atoms with Crippen LogP contribution in [-0.4, -0.2) is 42.8 Å². The number of aliphatic hydroxyl groups excluding tert-OH is 1. The molecule has 1 aliphatic rings. The summed E-state index contributed by atoms with van der Waals surface area (Å²) < 4.78 is 55.7. The number of nitrogens with two attached hydrogens (primary N) is 1. The van der Waals surface area contributed by atoms with E-state index in [0.717, 1.165) is 5.56 Å². The molecule has 4 N–H and O–H groups in total. The maximum Gasteiger partial charge on any atom is 0.411 e. The number of sulfonamides is 1. The van der Waals surface area contributed by atoms with Gasteiger partial charge in [-0.05, 0) is 49.1 Å². The second kappa shape index (κ2) is 10.8. The van der Waals surface area contributed by atoms with Gasteiger partial charge in [-0.2, -0.15) is 0 Å². The SMILES string of the molecule is CC1(C)OC(N[C@@H](CCO)c2ccccc2F)=NS(=O)(=O)[C@@H]1c1ccc(-c2ccnc(OC(N)=O)c2)cc1. The highest BCUT2D eigenvalue weighted by atomic mass is 32.2. The predicted octanol–water partition coefficient (Wildman–Crippen LogP) is 3.59. The smallest absolute Gasteiger partial charge is 0.411 e. The van der Waals surface area contributed by atoms with E-state index < -0.39 is 38.8 Å². The van der Waals surface area contributed by atoms with Gasteiger partial charge in [0.15, 0.2) is 0 Å². The lowest BCUT2D eigenvalue weighted by molar-refractivity contribution is 0.0759. The fraction of sp³-hybridized carbons (Fsp3) is 0.269. The number of hydrogen-bond acceptors (Lipinski definition) is 8. The second-order valence-electron chi connectivity index (χ2n) is 9.15. The van der Waals surface area contributed by atoms with Crippen LogP contribution >= 0.6 is 0 Å². The number of aromatic nitrogens is 1. The van der Waals surface area contributed by atoms with Crippen molar-refractivity contribution in [2.45, 2.75) is 37.2 Å². The molecule has 0 spiro atoms. The first-order chi connectivity index (χ1) is 18.0. The van der Waals surface area contributed by atoms with Crippen LogP contribution in [0.15, 0.2) is 71.3 Å². The fourth-order valence-corrected chi connectivity index (χ4v) is 6.11. The van der Waals surface area contributed by atoms with E-state index in [-0.39, 0.29) is 30.5 Å². The molecule has 38 heavy (non-hydrogen) atoms. The van der Waals surface area contributed by atoms with Crippen LogP contribution in [-0.2, 0) is 14.8 Å². The van der Waals surface area contributed by atoms with Gasteiger partial charge in [0.05, 0.1) is 6.04 Å². The molecule has 0 fully saturated rings. The summed E-state index contributed by atoms with van der Waals surface area (Å²) >= 11 is 0. The van der Waals surface area contributed by atoms with Crippen molar-refractivity contribution in [3.8, 4) is 17.0 Å². The summed E-state index contributed by atoms with van der Waals surface area (Å²) in [5.74, 6) is -0.467. The van der Waals surface area contributed by atoms with E-state index in [9.17, 15) is 22.7 Å². The number of primary amides is 1. The summed E-state index contributed by atoms with van der Waals surface area (Å²) in [6, 6.07) is 15.0. The van der Waals surface area contributed by atoms with Crippen molar-refractivity contribution in [3.63, 3.8) is 0 Å². The van der Waals surface area contributed by atoms with Crippen molar-refractivity contribution >= 4 is 22.1 Å². The minimum absolute atomic E-state index is 0.0349. The summed E-state index contributed by atoms with van der Waals surface area (Å²) in [7, 11) is -4.12. The van der Waals surface area contributed by atoms with Crippen molar-refractivity contribution in [1.29, 1.82) is 0 Å². The van der Waals surface area contributed by atoms with Gasteiger partial charge in [-0.1, -0.05) is 42.5 Å². The Morgan fingerprint density at radius 2 is 1.89 bits per heavy atom. The summed E-state index contributed by atoms with van der Waals surface area (Å²) in [5.41, 5.74) is 5.89. The molecular formula is C26H27FN4O6S. The largest absolute Gasteiger partial charge is 0.457 e. The number of nitrogens with one attached hydrogen (secondary N) is 1. The first kappa shape index (κ1) is 27.0.